The number of benzene rings is 1. The van der Waals surface area contributed by atoms with Gasteiger partial charge < -0.3 is 4.42 Å². The Balaban J connectivity index is 2.02. The summed E-state index contributed by atoms with van der Waals surface area (Å²) in [6, 6.07) is 9.55. The van der Waals surface area contributed by atoms with Crippen LogP contribution in [0, 0.1) is 13.8 Å². The second kappa shape index (κ2) is 4.67. The Morgan fingerprint density at radius 1 is 1.14 bits per heavy atom. The van der Waals surface area contributed by atoms with Gasteiger partial charge in [-0.15, -0.1) is 0 Å². The monoisotopic (exact) mass is 292 g/mol. The van der Waals surface area contributed by atoms with E-state index in [1.807, 2.05) is 30.7 Å². The van der Waals surface area contributed by atoms with Crippen LogP contribution in [0.4, 0.5) is 0 Å². The molecule has 0 atom stereocenters. The van der Waals surface area contributed by atoms with Crippen LogP contribution >= 0.6 is 0 Å². The Labute approximate surface area is 133 Å². The summed E-state index contributed by atoms with van der Waals surface area (Å²) >= 11 is 0. The molecule has 0 amide bonds. The van der Waals surface area contributed by atoms with E-state index in [0.29, 0.717) is 5.56 Å². The highest BCUT2D eigenvalue weighted by molar-refractivity contribution is 6.09. The van der Waals surface area contributed by atoms with Crippen LogP contribution in [-0.2, 0) is 7.05 Å². The summed E-state index contributed by atoms with van der Waals surface area (Å²) in [6.45, 7) is -0.0970. The third kappa shape index (κ3) is 1.82. The van der Waals surface area contributed by atoms with E-state index in [-0.39, 0.29) is 0 Å². The highest BCUT2D eigenvalue weighted by Gasteiger charge is 2.20. The number of nitrogens with zero attached hydrogens (tertiary/aromatic N) is 2. The Kier molecular flexibility index (Phi) is 2.15. The van der Waals surface area contributed by atoms with E-state index in [4.69, 9.17) is 8.53 Å². The molecule has 0 spiro atoms. The van der Waals surface area contributed by atoms with Crippen molar-refractivity contribution in [1.29, 1.82) is 0 Å². The van der Waals surface area contributed by atoms with Gasteiger partial charge in [-0.05, 0) is 31.5 Å². The fraction of sp³-hybridized carbons (Fsp3) is 0.158. The van der Waals surface area contributed by atoms with Gasteiger partial charge in [-0.1, -0.05) is 12.1 Å². The lowest BCUT2D eigenvalue weighted by atomic mass is 10.0. The van der Waals surface area contributed by atoms with Gasteiger partial charge in [-0.3, -0.25) is 4.98 Å². The first-order chi connectivity index (χ1) is 11.9. The van der Waals surface area contributed by atoms with Crippen LogP contribution in [0.2, 0.25) is 0 Å². The molecule has 0 N–H and O–H groups in total. The van der Waals surface area contributed by atoms with E-state index in [1.165, 1.54) is 0 Å². The van der Waals surface area contributed by atoms with E-state index >= 15 is 0 Å². The molecule has 22 heavy (non-hydrogen) atoms. The largest absolute Gasteiger partial charge is 0.454 e. The highest BCUT2D eigenvalue weighted by Crippen LogP contribution is 2.36. The van der Waals surface area contributed by atoms with Crippen LogP contribution in [0.1, 0.15) is 15.2 Å². The number of rotatable bonds is 1. The molecule has 0 fully saturated rings. The van der Waals surface area contributed by atoms with Crippen molar-refractivity contribution in [1.82, 2.24) is 4.98 Å². The van der Waals surface area contributed by atoms with Gasteiger partial charge in [0.15, 0.2) is 11.8 Å². The molecule has 1 aromatic carbocycles. The Morgan fingerprint density at radius 3 is 2.86 bits per heavy atom. The van der Waals surface area contributed by atoms with E-state index < -0.39 is 6.85 Å². The summed E-state index contributed by atoms with van der Waals surface area (Å²) in [4.78, 5) is 4.13. The van der Waals surface area contributed by atoms with Gasteiger partial charge >= 0.3 is 0 Å². The molecule has 0 saturated heterocycles. The molecule has 0 aliphatic carbocycles. The second-order valence-corrected chi connectivity index (χ2v) is 5.52. The molecular weight excluding hydrogens is 272 g/mol. The predicted octanol–water partition coefficient (Wildman–Crippen LogP) is 4.09. The molecule has 0 aliphatic heterocycles. The van der Waals surface area contributed by atoms with Crippen molar-refractivity contribution in [3.05, 3.63) is 60.0 Å². The standard InChI is InChI=1S/C19H17N2O/c1-12-4-7-16(21(3)11-12)18-13(2)5-6-15-14-8-9-20-10-17(14)22-19(15)18/h4-11H,1-3H3/q+1/i1D3. The maximum absolute atomic E-state index is 7.59. The fourth-order valence-electron chi connectivity index (χ4n) is 2.98. The lowest BCUT2D eigenvalue weighted by molar-refractivity contribution is -0.660. The Hall–Kier alpha value is -2.68. The average Bonchev–Trinajstić information content (AvgIpc) is 2.93. The number of aryl methyl sites for hydroxylation is 3. The zero-order chi connectivity index (χ0) is 17.8. The second-order valence-electron chi connectivity index (χ2n) is 5.52. The van der Waals surface area contributed by atoms with Crippen molar-refractivity contribution in [2.45, 2.75) is 13.8 Å². The molecule has 0 aliphatic rings. The SMILES string of the molecule is [2H]C([2H])([2H])c1ccc(-c2c(C)ccc3c2oc2cnccc23)[n+](C)c1. The van der Waals surface area contributed by atoms with Gasteiger partial charge in [0.2, 0.25) is 5.69 Å². The van der Waals surface area contributed by atoms with Crippen molar-refractivity contribution in [2.75, 3.05) is 0 Å². The first-order valence-corrected chi connectivity index (χ1v) is 7.12. The summed E-state index contributed by atoms with van der Waals surface area (Å²) in [6.07, 6.45) is 5.12. The summed E-state index contributed by atoms with van der Waals surface area (Å²) in [5.41, 5.74) is 4.79. The maximum Gasteiger partial charge on any atom is 0.216 e. The first kappa shape index (κ1) is 10.1. The highest BCUT2D eigenvalue weighted by atomic mass is 16.3. The van der Waals surface area contributed by atoms with Crippen molar-refractivity contribution in [2.24, 2.45) is 7.05 Å². The molecule has 108 valence electrons. The van der Waals surface area contributed by atoms with Crippen LogP contribution in [0.3, 0.4) is 0 Å². The number of aromatic nitrogens is 2. The van der Waals surface area contributed by atoms with E-state index in [9.17, 15) is 0 Å². The van der Waals surface area contributed by atoms with Crippen LogP contribution in [0.15, 0.2) is 53.3 Å². The molecule has 3 heteroatoms. The Bertz CT molecular complexity index is 1110. The van der Waals surface area contributed by atoms with E-state index in [0.717, 1.165) is 38.8 Å². The van der Waals surface area contributed by atoms with Crippen molar-refractivity contribution in [3.63, 3.8) is 0 Å². The van der Waals surface area contributed by atoms with Gasteiger partial charge in [-0.25, -0.2) is 4.57 Å². The fourth-order valence-corrected chi connectivity index (χ4v) is 2.98. The lowest BCUT2D eigenvalue weighted by Crippen LogP contribution is -2.31. The molecule has 0 saturated carbocycles. The van der Waals surface area contributed by atoms with Crippen molar-refractivity contribution < 1.29 is 13.1 Å². The molecule has 0 bridgehead atoms. The van der Waals surface area contributed by atoms with Gasteiger partial charge in [-0.2, -0.15) is 0 Å². The molecule has 3 aromatic heterocycles. The van der Waals surface area contributed by atoms with Gasteiger partial charge in [0, 0.05) is 32.7 Å². The molecule has 4 rings (SSSR count). The number of furan rings is 1. The topological polar surface area (TPSA) is 29.9 Å². The average molecular weight is 292 g/mol. The molecule has 3 nitrogen and oxygen atoms in total. The van der Waals surface area contributed by atoms with Crippen molar-refractivity contribution >= 4 is 21.9 Å². The summed E-state index contributed by atoms with van der Waals surface area (Å²) < 4.78 is 30.7. The maximum atomic E-state index is 7.59. The lowest BCUT2D eigenvalue weighted by Gasteiger charge is -2.05. The molecule has 3 heterocycles. The third-order valence-electron chi connectivity index (χ3n) is 4.04. The van der Waals surface area contributed by atoms with Gasteiger partial charge in [0.25, 0.3) is 0 Å². The first-order valence-electron chi connectivity index (χ1n) is 8.62. The van der Waals surface area contributed by atoms with Crippen LogP contribution in [0.5, 0.6) is 0 Å². The number of hydrogen-bond donors (Lipinski definition) is 0. The summed E-state index contributed by atoms with van der Waals surface area (Å²) in [5, 5.41) is 2.05. The molecule has 0 unspecified atom stereocenters. The van der Waals surface area contributed by atoms with Crippen LogP contribution in [-0.4, -0.2) is 4.98 Å². The minimum Gasteiger partial charge on any atom is -0.454 e. The van der Waals surface area contributed by atoms with Gasteiger partial charge in [0.1, 0.15) is 12.6 Å². The molecule has 4 aromatic rings. The predicted molar refractivity (Wildman–Crippen MR) is 87.6 cm³/mol. The van der Waals surface area contributed by atoms with E-state index in [2.05, 4.69) is 17.1 Å². The third-order valence-corrected chi connectivity index (χ3v) is 4.04. The zero-order valence-corrected chi connectivity index (χ0v) is 12.4. The minimum atomic E-state index is -2.12. The number of pyridine rings is 2. The summed E-state index contributed by atoms with van der Waals surface area (Å²) in [5.74, 6) is 0. The molecule has 0 radical (unpaired) electrons. The smallest absolute Gasteiger partial charge is 0.216 e. The Morgan fingerprint density at radius 2 is 2.05 bits per heavy atom. The van der Waals surface area contributed by atoms with Crippen molar-refractivity contribution in [3.8, 4) is 11.3 Å². The number of hydrogen-bond acceptors (Lipinski definition) is 2. The van der Waals surface area contributed by atoms with E-state index in [1.54, 1.807) is 24.7 Å². The van der Waals surface area contributed by atoms with Crippen LogP contribution < -0.4 is 4.57 Å². The van der Waals surface area contributed by atoms with Gasteiger partial charge in [0.05, 0.1) is 11.8 Å². The summed E-state index contributed by atoms with van der Waals surface area (Å²) in [7, 11) is 1.85. The number of fused-ring (bicyclic) bond motifs is 3. The molecular formula is C19H17N2O+. The quantitative estimate of drug-likeness (QED) is 0.495. The minimum absolute atomic E-state index is 0.317. The van der Waals surface area contributed by atoms with Crippen LogP contribution in [0.25, 0.3) is 33.2 Å². The zero-order valence-electron chi connectivity index (χ0n) is 15.4. The normalized spacial score (nSPS) is 14.0.